The van der Waals surface area contributed by atoms with Crippen LogP contribution in [0.1, 0.15) is 0 Å². The second-order valence-corrected chi connectivity index (χ2v) is 4.25. The fraction of sp³-hybridized carbons (Fsp3) is 0.154. The molecule has 0 aliphatic rings. The summed E-state index contributed by atoms with van der Waals surface area (Å²) < 4.78 is 16.9. The summed E-state index contributed by atoms with van der Waals surface area (Å²) in [5.74, 6) is -0.208. The number of nitrogens with two attached hydrogens (primary N) is 1. The minimum Gasteiger partial charge on any atom is -0.396 e. The summed E-state index contributed by atoms with van der Waals surface area (Å²) in [6, 6.07) is 6.72. The zero-order valence-corrected chi connectivity index (χ0v) is 9.75. The fourth-order valence-electron chi connectivity index (χ4n) is 2.08. The number of rotatable bonds is 3. The number of hydrogen-bond acceptors (Lipinski definition) is 2. The minimum absolute atomic E-state index is 0.208. The third-order valence-corrected chi connectivity index (χ3v) is 2.96. The van der Waals surface area contributed by atoms with Crippen molar-refractivity contribution in [2.24, 2.45) is 0 Å². The SMILES string of the molecule is Nc1cnn(CCn2ccc3cc(F)ccc32)c1. The molecule has 0 bridgehead atoms. The van der Waals surface area contributed by atoms with Crippen molar-refractivity contribution < 1.29 is 4.39 Å². The summed E-state index contributed by atoms with van der Waals surface area (Å²) >= 11 is 0. The number of nitrogen functional groups attached to an aromatic ring is 1. The van der Waals surface area contributed by atoms with Crippen molar-refractivity contribution in [1.82, 2.24) is 14.3 Å². The topological polar surface area (TPSA) is 48.8 Å². The molecule has 1 aromatic carbocycles. The van der Waals surface area contributed by atoms with Gasteiger partial charge in [-0.3, -0.25) is 4.68 Å². The maximum absolute atomic E-state index is 13.1. The van der Waals surface area contributed by atoms with Crippen LogP contribution in [0.15, 0.2) is 42.9 Å². The van der Waals surface area contributed by atoms with E-state index in [-0.39, 0.29) is 5.82 Å². The lowest BCUT2D eigenvalue weighted by Gasteiger charge is -2.05. The standard InChI is InChI=1S/C13H13FN4/c14-11-1-2-13-10(7-11)3-4-17(13)5-6-18-9-12(15)8-16-18/h1-4,7-9H,5-6,15H2. The molecule has 18 heavy (non-hydrogen) atoms. The monoisotopic (exact) mass is 244 g/mol. The van der Waals surface area contributed by atoms with Gasteiger partial charge in [0, 0.05) is 29.8 Å². The van der Waals surface area contributed by atoms with E-state index in [2.05, 4.69) is 9.67 Å². The molecule has 0 amide bonds. The Morgan fingerprint density at radius 1 is 1.22 bits per heavy atom. The molecule has 0 atom stereocenters. The van der Waals surface area contributed by atoms with E-state index in [0.717, 1.165) is 24.0 Å². The zero-order chi connectivity index (χ0) is 12.5. The molecule has 92 valence electrons. The van der Waals surface area contributed by atoms with E-state index in [0.29, 0.717) is 5.69 Å². The average molecular weight is 244 g/mol. The van der Waals surface area contributed by atoms with Gasteiger partial charge in [0.1, 0.15) is 5.82 Å². The van der Waals surface area contributed by atoms with E-state index in [1.165, 1.54) is 12.1 Å². The maximum Gasteiger partial charge on any atom is 0.123 e. The number of benzene rings is 1. The summed E-state index contributed by atoms with van der Waals surface area (Å²) in [7, 11) is 0. The van der Waals surface area contributed by atoms with Crippen LogP contribution in [0, 0.1) is 5.82 Å². The second kappa shape index (κ2) is 4.18. The summed E-state index contributed by atoms with van der Waals surface area (Å²) in [5, 5.41) is 5.04. The molecule has 0 aliphatic heterocycles. The predicted octanol–water partition coefficient (Wildman–Crippen LogP) is 2.26. The fourth-order valence-corrected chi connectivity index (χ4v) is 2.08. The second-order valence-electron chi connectivity index (χ2n) is 4.25. The Labute approximate surface area is 103 Å². The molecule has 3 rings (SSSR count). The Balaban J connectivity index is 1.82. The average Bonchev–Trinajstić information content (AvgIpc) is 2.92. The summed E-state index contributed by atoms with van der Waals surface area (Å²) in [5.41, 5.74) is 7.29. The quantitative estimate of drug-likeness (QED) is 0.768. The van der Waals surface area contributed by atoms with Crippen molar-refractivity contribution in [1.29, 1.82) is 0 Å². The highest BCUT2D eigenvalue weighted by Crippen LogP contribution is 2.17. The van der Waals surface area contributed by atoms with Gasteiger partial charge in [-0.25, -0.2) is 4.39 Å². The molecule has 5 heteroatoms. The highest BCUT2D eigenvalue weighted by Gasteiger charge is 2.02. The molecule has 0 saturated carbocycles. The Hall–Kier alpha value is -2.30. The number of nitrogens with zero attached hydrogens (tertiary/aromatic N) is 3. The van der Waals surface area contributed by atoms with Gasteiger partial charge in [0.05, 0.1) is 18.4 Å². The first kappa shape index (κ1) is 10.8. The number of anilines is 1. The summed E-state index contributed by atoms with van der Waals surface area (Å²) in [6.07, 6.45) is 5.38. The molecule has 3 aromatic rings. The van der Waals surface area contributed by atoms with Crippen molar-refractivity contribution in [2.75, 3.05) is 5.73 Å². The molecule has 0 aliphatic carbocycles. The predicted molar refractivity (Wildman–Crippen MR) is 68.5 cm³/mol. The van der Waals surface area contributed by atoms with E-state index in [4.69, 9.17) is 5.73 Å². The van der Waals surface area contributed by atoms with Gasteiger partial charge in [-0.1, -0.05) is 0 Å². The van der Waals surface area contributed by atoms with Crippen molar-refractivity contribution in [3.63, 3.8) is 0 Å². The Kier molecular flexibility index (Phi) is 2.51. The first-order valence-electron chi connectivity index (χ1n) is 5.75. The molecule has 0 spiro atoms. The van der Waals surface area contributed by atoms with Crippen LogP contribution in [0.3, 0.4) is 0 Å². The van der Waals surface area contributed by atoms with Gasteiger partial charge in [-0.2, -0.15) is 5.10 Å². The van der Waals surface area contributed by atoms with E-state index >= 15 is 0 Å². The molecule has 0 fully saturated rings. The first-order valence-corrected chi connectivity index (χ1v) is 5.75. The van der Waals surface area contributed by atoms with Gasteiger partial charge in [0.2, 0.25) is 0 Å². The van der Waals surface area contributed by atoms with Crippen molar-refractivity contribution in [3.05, 3.63) is 48.7 Å². The van der Waals surface area contributed by atoms with Crippen LogP contribution >= 0.6 is 0 Å². The van der Waals surface area contributed by atoms with Crippen LogP contribution in [0.25, 0.3) is 10.9 Å². The van der Waals surface area contributed by atoms with Gasteiger partial charge in [-0.05, 0) is 24.3 Å². The minimum atomic E-state index is -0.208. The van der Waals surface area contributed by atoms with Crippen LogP contribution in [0.2, 0.25) is 0 Å². The highest BCUT2D eigenvalue weighted by atomic mass is 19.1. The lowest BCUT2D eigenvalue weighted by Crippen LogP contribution is -2.06. The Morgan fingerprint density at radius 3 is 2.89 bits per heavy atom. The van der Waals surface area contributed by atoms with Crippen molar-refractivity contribution in [3.8, 4) is 0 Å². The van der Waals surface area contributed by atoms with Crippen LogP contribution in [-0.4, -0.2) is 14.3 Å². The van der Waals surface area contributed by atoms with Gasteiger partial charge in [0.25, 0.3) is 0 Å². The lowest BCUT2D eigenvalue weighted by atomic mass is 10.2. The summed E-state index contributed by atoms with van der Waals surface area (Å²) in [6.45, 7) is 1.51. The van der Waals surface area contributed by atoms with Gasteiger partial charge >= 0.3 is 0 Å². The normalized spacial score (nSPS) is 11.2. The molecular formula is C13H13FN4. The lowest BCUT2D eigenvalue weighted by molar-refractivity contribution is 0.543. The Morgan fingerprint density at radius 2 is 2.11 bits per heavy atom. The molecule has 0 radical (unpaired) electrons. The van der Waals surface area contributed by atoms with E-state index in [1.807, 2.05) is 12.3 Å². The molecule has 0 unspecified atom stereocenters. The number of aromatic nitrogens is 3. The molecule has 0 saturated heterocycles. The van der Waals surface area contributed by atoms with Gasteiger partial charge in [0.15, 0.2) is 0 Å². The van der Waals surface area contributed by atoms with E-state index < -0.39 is 0 Å². The van der Waals surface area contributed by atoms with E-state index in [9.17, 15) is 4.39 Å². The van der Waals surface area contributed by atoms with Crippen molar-refractivity contribution >= 4 is 16.6 Å². The van der Waals surface area contributed by atoms with Crippen LogP contribution < -0.4 is 5.73 Å². The third-order valence-electron chi connectivity index (χ3n) is 2.96. The molecular weight excluding hydrogens is 231 g/mol. The first-order chi connectivity index (χ1) is 8.72. The molecule has 4 nitrogen and oxygen atoms in total. The largest absolute Gasteiger partial charge is 0.396 e. The van der Waals surface area contributed by atoms with Gasteiger partial charge < -0.3 is 10.3 Å². The highest BCUT2D eigenvalue weighted by molar-refractivity contribution is 5.80. The maximum atomic E-state index is 13.1. The Bertz CT molecular complexity index is 683. The van der Waals surface area contributed by atoms with Crippen LogP contribution in [0.4, 0.5) is 10.1 Å². The van der Waals surface area contributed by atoms with Gasteiger partial charge in [-0.15, -0.1) is 0 Å². The zero-order valence-electron chi connectivity index (χ0n) is 9.75. The van der Waals surface area contributed by atoms with Crippen LogP contribution in [0.5, 0.6) is 0 Å². The number of aryl methyl sites for hydroxylation is 2. The molecule has 2 N–H and O–H groups in total. The molecule has 2 aromatic heterocycles. The van der Waals surface area contributed by atoms with Crippen LogP contribution in [-0.2, 0) is 13.1 Å². The smallest absolute Gasteiger partial charge is 0.123 e. The van der Waals surface area contributed by atoms with Crippen molar-refractivity contribution in [2.45, 2.75) is 13.1 Å². The van der Waals surface area contributed by atoms with E-state index in [1.54, 1.807) is 23.1 Å². The summed E-state index contributed by atoms with van der Waals surface area (Å²) in [4.78, 5) is 0. The number of halogens is 1. The molecule has 2 heterocycles. The number of hydrogen-bond donors (Lipinski definition) is 1. The third kappa shape index (κ3) is 1.95. The number of fused-ring (bicyclic) bond motifs is 1.